The summed E-state index contributed by atoms with van der Waals surface area (Å²) in [7, 11) is 0. The number of rotatable bonds is 3. The van der Waals surface area contributed by atoms with Crippen molar-refractivity contribution in [2.45, 2.75) is 12.8 Å². The Bertz CT molecular complexity index is 1990. The highest BCUT2D eigenvalue weighted by Gasteiger charge is 2.21. The molecule has 1 heterocycles. The van der Waals surface area contributed by atoms with Gasteiger partial charge in [0.05, 0.1) is 11.0 Å². The van der Waals surface area contributed by atoms with E-state index in [1.807, 2.05) is 0 Å². The van der Waals surface area contributed by atoms with Crippen molar-refractivity contribution in [1.29, 1.82) is 0 Å². The zero-order valence-electron chi connectivity index (χ0n) is 21.6. The molecule has 0 bridgehead atoms. The molecule has 184 valence electrons. The van der Waals surface area contributed by atoms with Gasteiger partial charge in [0.1, 0.15) is 0 Å². The summed E-state index contributed by atoms with van der Waals surface area (Å²) >= 11 is 0. The molecule has 0 amide bonds. The van der Waals surface area contributed by atoms with E-state index in [9.17, 15) is 0 Å². The summed E-state index contributed by atoms with van der Waals surface area (Å²) in [6.45, 7) is 0. The Morgan fingerprint density at radius 3 is 1.67 bits per heavy atom. The van der Waals surface area contributed by atoms with Gasteiger partial charge in [-0.1, -0.05) is 115 Å². The Morgan fingerprint density at radius 1 is 0.462 bits per heavy atom. The van der Waals surface area contributed by atoms with Gasteiger partial charge >= 0.3 is 0 Å². The molecule has 7 aromatic rings. The van der Waals surface area contributed by atoms with Crippen LogP contribution in [0.3, 0.4) is 0 Å². The molecular weight excluding hydrogens is 470 g/mol. The number of allylic oxidation sites excluding steroid dienone is 1. The summed E-state index contributed by atoms with van der Waals surface area (Å²) in [4.78, 5) is 0. The molecule has 39 heavy (non-hydrogen) atoms. The van der Waals surface area contributed by atoms with Crippen LogP contribution in [0, 0.1) is 0 Å². The molecule has 0 aliphatic heterocycles. The summed E-state index contributed by atoms with van der Waals surface area (Å²) in [5.41, 5.74) is 11.8. The summed E-state index contributed by atoms with van der Waals surface area (Å²) in [5, 5.41) is 5.23. The van der Waals surface area contributed by atoms with Gasteiger partial charge < -0.3 is 4.57 Å². The van der Waals surface area contributed by atoms with Crippen LogP contribution in [0.1, 0.15) is 17.5 Å². The lowest BCUT2D eigenvalue weighted by atomic mass is 9.80. The van der Waals surface area contributed by atoms with E-state index in [4.69, 9.17) is 0 Å². The molecule has 0 saturated carbocycles. The van der Waals surface area contributed by atoms with E-state index in [2.05, 4.69) is 144 Å². The molecule has 0 atom stereocenters. The summed E-state index contributed by atoms with van der Waals surface area (Å²) in [6, 6.07) is 46.4. The molecule has 6 aromatic carbocycles. The van der Waals surface area contributed by atoms with Crippen molar-refractivity contribution in [3.8, 4) is 27.9 Å². The molecule has 0 spiro atoms. The van der Waals surface area contributed by atoms with E-state index in [1.54, 1.807) is 0 Å². The third-order valence-corrected chi connectivity index (χ3v) is 8.26. The van der Waals surface area contributed by atoms with Gasteiger partial charge in [-0.05, 0) is 81.3 Å². The fourth-order valence-corrected chi connectivity index (χ4v) is 6.61. The molecule has 1 nitrogen and oxygen atoms in total. The van der Waals surface area contributed by atoms with Gasteiger partial charge in [0, 0.05) is 16.5 Å². The number of benzene rings is 6. The molecule has 0 unspecified atom stereocenters. The number of fused-ring (bicyclic) bond motifs is 5. The van der Waals surface area contributed by atoms with Gasteiger partial charge in [0.25, 0.3) is 0 Å². The van der Waals surface area contributed by atoms with Gasteiger partial charge in [0.15, 0.2) is 0 Å². The highest BCUT2D eigenvalue weighted by molar-refractivity contribution is 6.11. The molecule has 0 saturated heterocycles. The van der Waals surface area contributed by atoms with Crippen molar-refractivity contribution in [2.24, 2.45) is 0 Å². The van der Waals surface area contributed by atoms with E-state index >= 15 is 0 Å². The monoisotopic (exact) mass is 497 g/mol. The topological polar surface area (TPSA) is 4.93 Å². The summed E-state index contributed by atoms with van der Waals surface area (Å²) in [6.07, 6.45) is 6.83. The average molecular weight is 498 g/mol. The maximum atomic E-state index is 2.39. The summed E-state index contributed by atoms with van der Waals surface area (Å²) < 4.78 is 2.39. The third-order valence-electron chi connectivity index (χ3n) is 8.26. The zero-order chi connectivity index (χ0) is 25.8. The highest BCUT2D eigenvalue weighted by atomic mass is 15.0. The number of hydrogen-bond acceptors (Lipinski definition) is 0. The lowest BCUT2D eigenvalue weighted by Crippen LogP contribution is -2.02. The Labute approximate surface area is 228 Å². The maximum absolute atomic E-state index is 2.39. The summed E-state index contributed by atoms with van der Waals surface area (Å²) in [5.74, 6) is 0. The molecule has 1 aromatic heterocycles. The first-order chi connectivity index (χ1) is 19.4. The van der Waals surface area contributed by atoms with Crippen LogP contribution in [0.2, 0.25) is 0 Å². The molecule has 0 radical (unpaired) electrons. The lowest BCUT2D eigenvalue weighted by molar-refractivity contribution is 0.991. The highest BCUT2D eigenvalue weighted by Crippen LogP contribution is 2.44. The van der Waals surface area contributed by atoms with Crippen LogP contribution in [0.15, 0.2) is 133 Å². The number of hydrogen-bond donors (Lipinski definition) is 0. The molecule has 1 aliphatic carbocycles. The Kier molecular flexibility index (Phi) is 5.03. The van der Waals surface area contributed by atoms with Crippen molar-refractivity contribution >= 4 is 38.7 Å². The third kappa shape index (κ3) is 3.40. The SMILES string of the molecule is C1=Cc2c(c(-c3ccccc3)c3ccccc3c2-c2ccc(-n3c4ccccc4c4ccccc43)cc2)CC1. The van der Waals surface area contributed by atoms with Crippen LogP contribution in [-0.4, -0.2) is 4.57 Å². The maximum Gasteiger partial charge on any atom is 0.0541 e. The fraction of sp³-hybridized carbons (Fsp3) is 0.0526. The Balaban J connectivity index is 1.36. The molecule has 0 N–H and O–H groups in total. The van der Waals surface area contributed by atoms with Crippen LogP contribution in [0.5, 0.6) is 0 Å². The molecule has 1 aliphatic rings. The van der Waals surface area contributed by atoms with E-state index in [0.29, 0.717) is 0 Å². The lowest BCUT2D eigenvalue weighted by Gasteiger charge is -2.24. The first-order valence-electron chi connectivity index (χ1n) is 13.8. The van der Waals surface area contributed by atoms with Crippen LogP contribution >= 0.6 is 0 Å². The minimum atomic E-state index is 1.06. The van der Waals surface area contributed by atoms with Crippen molar-refractivity contribution < 1.29 is 0 Å². The quantitative estimate of drug-likeness (QED) is 0.229. The minimum Gasteiger partial charge on any atom is -0.309 e. The molecule has 1 heteroatoms. The first kappa shape index (κ1) is 22.1. The average Bonchev–Trinajstić information content (AvgIpc) is 3.35. The second-order valence-corrected chi connectivity index (χ2v) is 10.4. The fourth-order valence-electron chi connectivity index (χ4n) is 6.61. The van der Waals surface area contributed by atoms with Gasteiger partial charge in [-0.25, -0.2) is 0 Å². The minimum absolute atomic E-state index is 1.06. The van der Waals surface area contributed by atoms with Crippen molar-refractivity contribution in [3.63, 3.8) is 0 Å². The second kappa shape index (κ2) is 8.85. The smallest absolute Gasteiger partial charge is 0.0541 e. The van der Waals surface area contributed by atoms with Crippen molar-refractivity contribution in [1.82, 2.24) is 4.57 Å². The zero-order valence-corrected chi connectivity index (χ0v) is 21.6. The van der Waals surface area contributed by atoms with Crippen LogP contribution < -0.4 is 0 Å². The van der Waals surface area contributed by atoms with E-state index in [-0.39, 0.29) is 0 Å². The van der Waals surface area contributed by atoms with Crippen molar-refractivity contribution in [2.75, 3.05) is 0 Å². The van der Waals surface area contributed by atoms with Crippen LogP contribution in [0.25, 0.3) is 66.6 Å². The number of nitrogens with zero attached hydrogens (tertiary/aromatic N) is 1. The number of para-hydroxylation sites is 2. The van der Waals surface area contributed by atoms with Gasteiger partial charge in [0.2, 0.25) is 0 Å². The van der Waals surface area contributed by atoms with Gasteiger partial charge in [-0.15, -0.1) is 0 Å². The first-order valence-corrected chi connectivity index (χ1v) is 13.8. The molecule has 8 rings (SSSR count). The predicted molar refractivity (Wildman–Crippen MR) is 167 cm³/mol. The normalized spacial score (nSPS) is 12.8. The van der Waals surface area contributed by atoms with Gasteiger partial charge in [-0.3, -0.25) is 0 Å². The van der Waals surface area contributed by atoms with Gasteiger partial charge in [-0.2, -0.15) is 0 Å². The van der Waals surface area contributed by atoms with Crippen LogP contribution in [0.4, 0.5) is 0 Å². The Hall–Kier alpha value is -4.88. The second-order valence-electron chi connectivity index (χ2n) is 10.4. The number of aromatic nitrogens is 1. The molecule has 0 fully saturated rings. The van der Waals surface area contributed by atoms with Crippen LogP contribution in [-0.2, 0) is 6.42 Å². The Morgan fingerprint density at radius 2 is 1.00 bits per heavy atom. The van der Waals surface area contributed by atoms with E-state index in [0.717, 1.165) is 12.8 Å². The molecular formula is C38H27N. The predicted octanol–water partition coefficient (Wildman–Crippen LogP) is 10.2. The van der Waals surface area contributed by atoms with E-state index in [1.165, 1.54) is 71.6 Å². The van der Waals surface area contributed by atoms with Crippen molar-refractivity contribution in [3.05, 3.63) is 145 Å². The van der Waals surface area contributed by atoms with E-state index < -0.39 is 0 Å². The standard InChI is InChI=1S/C38H27N/c1-2-12-26(13-3-1)37-31-16-4-6-18-33(31)38(34-19-7-5-17-32(34)37)27-22-24-28(25-23-27)39-35-20-10-8-14-29(35)30-15-9-11-21-36(30)39/h1-4,6-16,18-25H,5,17H2. The largest absolute Gasteiger partial charge is 0.309 e.